The van der Waals surface area contributed by atoms with Crippen LogP contribution in [-0.4, -0.2) is 32.4 Å². The van der Waals surface area contributed by atoms with Crippen LogP contribution in [0.4, 0.5) is 5.69 Å². The normalized spacial score (nSPS) is 22.3. The summed E-state index contributed by atoms with van der Waals surface area (Å²) in [7, 11) is -3.31. The van der Waals surface area contributed by atoms with Gasteiger partial charge in [-0.25, -0.2) is 8.42 Å². The smallest absolute Gasteiger partial charge is 0.232 e. The Morgan fingerprint density at radius 1 is 1.32 bits per heavy atom. The molecule has 1 heterocycles. The zero-order valence-electron chi connectivity index (χ0n) is 12.0. The number of anilines is 1. The molecular formula is C14H23NO3S. The van der Waals surface area contributed by atoms with Crippen molar-refractivity contribution in [3.63, 3.8) is 0 Å². The van der Waals surface area contributed by atoms with E-state index in [2.05, 4.69) is 0 Å². The second-order valence-electron chi connectivity index (χ2n) is 4.57. The second-order valence-corrected chi connectivity index (χ2v) is 6.43. The minimum Gasteiger partial charge on any atom is -0.396 e. The third kappa shape index (κ3) is 3.28. The fourth-order valence-electron chi connectivity index (χ4n) is 2.46. The average molecular weight is 285 g/mol. The number of benzene rings is 1. The van der Waals surface area contributed by atoms with Crippen LogP contribution in [-0.2, 0) is 16.4 Å². The van der Waals surface area contributed by atoms with Crippen LogP contribution in [0.15, 0.2) is 24.3 Å². The maximum Gasteiger partial charge on any atom is 0.232 e. The van der Waals surface area contributed by atoms with Gasteiger partial charge < -0.3 is 5.11 Å². The highest BCUT2D eigenvalue weighted by Gasteiger charge is 2.35. The van der Waals surface area contributed by atoms with Gasteiger partial charge in [0, 0.05) is 18.6 Å². The van der Waals surface area contributed by atoms with Crippen molar-refractivity contribution in [1.29, 1.82) is 0 Å². The quantitative estimate of drug-likeness (QED) is 0.904. The highest BCUT2D eigenvalue weighted by molar-refractivity contribution is 7.92. The molecule has 1 N–H and O–H groups in total. The van der Waals surface area contributed by atoms with E-state index < -0.39 is 10.0 Å². The Morgan fingerprint density at radius 3 is 2.42 bits per heavy atom. The number of hydrogen-bond acceptors (Lipinski definition) is 3. The number of aliphatic hydroxyl groups is 1. The number of nitrogens with zero attached hydrogens (tertiary/aromatic N) is 1. The van der Waals surface area contributed by atoms with Crippen LogP contribution in [0.2, 0.25) is 0 Å². The van der Waals surface area contributed by atoms with Gasteiger partial charge in [0.05, 0.1) is 11.9 Å². The van der Waals surface area contributed by atoms with Gasteiger partial charge >= 0.3 is 0 Å². The van der Waals surface area contributed by atoms with Crippen molar-refractivity contribution in [3.8, 4) is 0 Å². The van der Waals surface area contributed by atoms with E-state index in [4.69, 9.17) is 0 Å². The molecule has 5 heteroatoms. The van der Waals surface area contributed by atoms with E-state index in [1.165, 1.54) is 10.6 Å². The summed E-state index contributed by atoms with van der Waals surface area (Å²) < 4.78 is 25.2. The molecule has 0 bridgehead atoms. The SMILES string of the molecule is CC.C[C@@H]1[C@H](CO)Cc2ccccc2N1S(C)(=O)=O. The average Bonchev–Trinajstić information content (AvgIpc) is 2.38. The lowest BCUT2D eigenvalue weighted by molar-refractivity contribution is 0.205. The Bertz CT molecular complexity index is 513. The van der Waals surface area contributed by atoms with Crippen LogP contribution in [0.25, 0.3) is 0 Å². The fraction of sp³-hybridized carbons (Fsp3) is 0.571. The first-order valence-corrected chi connectivity index (χ1v) is 8.48. The van der Waals surface area contributed by atoms with Gasteiger partial charge in [0.1, 0.15) is 0 Å². The highest BCUT2D eigenvalue weighted by Crippen LogP contribution is 2.35. The van der Waals surface area contributed by atoms with Crippen LogP contribution >= 0.6 is 0 Å². The molecule has 0 amide bonds. The van der Waals surface area contributed by atoms with Gasteiger partial charge in [-0.2, -0.15) is 0 Å². The van der Waals surface area contributed by atoms with E-state index in [-0.39, 0.29) is 18.6 Å². The molecule has 4 nitrogen and oxygen atoms in total. The maximum absolute atomic E-state index is 11.9. The molecule has 1 aliphatic rings. The molecule has 0 unspecified atom stereocenters. The van der Waals surface area contributed by atoms with Gasteiger partial charge in [0.2, 0.25) is 10.0 Å². The molecule has 108 valence electrons. The number of fused-ring (bicyclic) bond motifs is 1. The molecule has 1 aliphatic heterocycles. The van der Waals surface area contributed by atoms with E-state index in [1.54, 1.807) is 0 Å². The predicted octanol–water partition coefficient (Wildman–Crippen LogP) is 2.03. The van der Waals surface area contributed by atoms with E-state index in [1.807, 2.05) is 45.0 Å². The van der Waals surface area contributed by atoms with Gasteiger partial charge in [-0.3, -0.25) is 4.31 Å². The third-order valence-electron chi connectivity index (χ3n) is 3.36. The van der Waals surface area contributed by atoms with Crippen molar-refractivity contribution >= 4 is 15.7 Å². The van der Waals surface area contributed by atoms with Crippen LogP contribution in [0, 0.1) is 5.92 Å². The van der Waals surface area contributed by atoms with E-state index in [0.29, 0.717) is 0 Å². The summed E-state index contributed by atoms with van der Waals surface area (Å²) >= 11 is 0. The number of aliphatic hydroxyl groups excluding tert-OH is 1. The molecule has 1 aromatic rings. The summed E-state index contributed by atoms with van der Waals surface area (Å²) in [6.45, 7) is 5.85. The van der Waals surface area contributed by atoms with Gasteiger partial charge in [-0.05, 0) is 25.0 Å². The van der Waals surface area contributed by atoms with Crippen molar-refractivity contribution in [2.24, 2.45) is 5.92 Å². The lowest BCUT2D eigenvalue weighted by Gasteiger charge is -2.39. The topological polar surface area (TPSA) is 57.6 Å². The summed E-state index contributed by atoms with van der Waals surface area (Å²) in [4.78, 5) is 0. The van der Waals surface area contributed by atoms with Crippen LogP contribution < -0.4 is 4.31 Å². The number of para-hydroxylation sites is 1. The molecule has 0 saturated heterocycles. The third-order valence-corrected chi connectivity index (χ3v) is 4.60. The Morgan fingerprint density at radius 2 is 1.89 bits per heavy atom. The zero-order valence-corrected chi connectivity index (χ0v) is 12.8. The Kier molecular flexibility index (Phi) is 5.38. The molecule has 0 aromatic heterocycles. The Labute approximate surface area is 116 Å². The highest BCUT2D eigenvalue weighted by atomic mass is 32.2. The van der Waals surface area contributed by atoms with E-state index >= 15 is 0 Å². The summed E-state index contributed by atoms with van der Waals surface area (Å²) in [6, 6.07) is 7.26. The lowest BCUT2D eigenvalue weighted by Crippen LogP contribution is -2.47. The monoisotopic (exact) mass is 285 g/mol. The number of hydrogen-bond donors (Lipinski definition) is 1. The maximum atomic E-state index is 11.9. The molecular weight excluding hydrogens is 262 g/mol. The van der Waals surface area contributed by atoms with Crippen molar-refractivity contribution < 1.29 is 13.5 Å². The molecule has 0 spiro atoms. The van der Waals surface area contributed by atoms with Crippen molar-refractivity contribution in [3.05, 3.63) is 29.8 Å². The first-order chi connectivity index (χ1) is 8.95. The summed E-state index contributed by atoms with van der Waals surface area (Å²) in [5.41, 5.74) is 1.72. The molecule has 0 aliphatic carbocycles. The van der Waals surface area contributed by atoms with Gasteiger partial charge in [0.15, 0.2) is 0 Å². The minimum absolute atomic E-state index is 0.00151. The van der Waals surface area contributed by atoms with Crippen molar-refractivity contribution in [2.75, 3.05) is 17.2 Å². The first kappa shape index (κ1) is 16.0. The lowest BCUT2D eigenvalue weighted by atomic mass is 9.89. The molecule has 2 atom stereocenters. The number of rotatable bonds is 2. The van der Waals surface area contributed by atoms with Gasteiger partial charge in [-0.1, -0.05) is 32.0 Å². The molecule has 2 rings (SSSR count). The molecule has 0 fully saturated rings. The molecule has 0 radical (unpaired) electrons. The predicted molar refractivity (Wildman–Crippen MR) is 78.9 cm³/mol. The number of sulfonamides is 1. The standard InChI is InChI=1S/C12H17NO3S.C2H6/c1-9-11(8-14)7-10-5-3-4-6-12(10)13(9)17(2,15)16;1-2/h3-6,9,11,14H,7-8H2,1-2H3;1-2H3/t9-,11+;/m1./s1. The van der Waals surface area contributed by atoms with Crippen molar-refractivity contribution in [1.82, 2.24) is 0 Å². The van der Waals surface area contributed by atoms with Crippen LogP contribution in [0.5, 0.6) is 0 Å². The largest absolute Gasteiger partial charge is 0.396 e. The fourth-order valence-corrected chi connectivity index (χ4v) is 3.77. The van der Waals surface area contributed by atoms with E-state index in [9.17, 15) is 13.5 Å². The zero-order chi connectivity index (χ0) is 14.6. The van der Waals surface area contributed by atoms with E-state index in [0.717, 1.165) is 17.7 Å². The van der Waals surface area contributed by atoms with Crippen LogP contribution in [0.3, 0.4) is 0 Å². The molecule has 1 aromatic carbocycles. The molecule has 0 saturated carbocycles. The summed E-state index contributed by atoms with van der Waals surface area (Å²) in [5, 5.41) is 9.35. The summed E-state index contributed by atoms with van der Waals surface area (Å²) in [6.07, 6.45) is 1.93. The minimum atomic E-state index is -3.31. The molecule has 19 heavy (non-hydrogen) atoms. The van der Waals surface area contributed by atoms with Crippen molar-refractivity contribution in [2.45, 2.75) is 33.2 Å². The van der Waals surface area contributed by atoms with Crippen LogP contribution in [0.1, 0.15) is 26.3 Å². The second kappa shape index (κ2) is 6.39. The summed E-state index contributed by atoms with van der Waals surface area (Å²) in [5.74, 6) is -0.0420. The first-order valence-electron chi connectivity index (χ1n) is 6.63. The van der Waals surface area contributed by atoms with Gasteiger partial charge in [0.25, 0.3) is 0 Å². The van der Waals surface area contributed by atoms with Gasteiger partial charge in [-0.15, -0.1) is 0 Å². The Hall–Kier alpha value is -1.07. The Balaban J connectivity index is 0.000000861.